The summed E-state index contributed by atoms with van der Waals surface area (Å²) in [5.74, 6) is 1.16. The first-order valence-electron chi connectivity index (χ1n) is 12.1. The van der Waals surface area contributed by atoms with Crippen molar-refractivity contribution in [2.24, 2.45) is 0 Å². The zero-order valence-corrected chi connectivity index (χ0v) is 20.1. The molecule has 2 aliphatic rings. The molecule has 0 N–H and O–H groups in total. The van der Waals surface area contributed by atoms with Gasteiger partial charge < -0.3 is 23.5 Å². The standard InChI is InChI=1S/C27H30N2O6/c1-3-14-34-19-6-4-18(5-7-19)24-23-25(30)21-9-8-20(32-2)17-22(21)35-26(23)27(31)29(24)11-10-28-12-15-33-16-13-28/h4-9,17,24H,3,10-16H2,1-2H3. The van der Waals surface area contributed by atoms with E-state index in [4.69, 9.17) is 18.6 Å². The fourth-order valence-electron chi connectivity index (χ4n) is 4.74. The van der Waals surface area contributed by atoms with Gasteiger partial charge in [0.25, 0.3) is 5.91 Å². The highest BCUT2D eigenvalue weighted by Gasteiger charge is 2.42. The predicted molar refractivity (Wildman–Crippen MR) is 131 cm³/mol. The number of methoxy groups -OCH3 is 1. The fourth-order valence-corrected chi connectivity index (χ4v) is 4.74. The largest absolute Gasteiger partial charge is 0.497 e. The molecule has 0 bridgehead atoms. The van der Waals surface area contributed by atoms with Gasteiger partial charge in [0.05, 0.1) is 43.9 Å². The maximum absolute atomic E-state index is 13.7. The van der Waals surface area contributed by atoms with Gasteiger partial charge in [-0.3, -0.25) is 14.5 Å². The van der Waals surface area contributed by atoms with Crippen molar-refractivity contribution in [3.63, 3.8) is 0 Å². The number of morpholine rings is 1. The van der Waals surface area contributed by atoms with E-state index in [9.17, 15) is 9.59 Å². The van der Waals surface area contributed by atoms with Crippen LogP contribution < -0.4 is 14.9 Å². The van der Waals surface area contributed by atoms with Gasteiger partial charge in [0.2, 0.25) is 5.76 Å². The molecule has 1 aromatic heterocycles. The van der Waals surface area contributed by atoms with Crippen molar-refractivity contribution in [3.05, 3.63) is 69.6 Å². The van der Waals surface area contributed by atoms with Crippen LogP contribution in [-0.4, -0.2) is 68.8 Å². The van der Waals surface area contributed by atoms with Crippen molar-refractivity contribution in [2.45, 2.75) is 19.4 Å². The second-order valence-corrected chi connectivity index (χ2v) is 8.81. The first-order valence-corrected chi connectivity index (χ1v) is 12.1. The lowest BCUT2D eigenvalue weighted by atomic mass is 9.98. The minimum absolute atomic E-state index is 0.106. The van der Waals surface area contributed by atoms with E-state index in [2.05, 4.69) is 11.8 Å². The Morgan fingerprint density at radius 3 is 2.46 bits per heavy atom. The molecule has 1 unspecified atom stereocenters. The lowest BCUT2D eigenvalue weighted by molar-refractivity contribution is 0.0314. The maximum atomic E-state index is 13.7. The molecular weight excluding hydrogens is 448 g/mol. The normalized spacial score (nSPS) is 18.2. The van der Waals surface area contributed by atoms with E-state index >= 15 is 0 Å². The third kappa shape index (κ3) is 4.51. The van der Waals surface area contributed by atoms with Crippen LogP contribution in [0.25, 0.3) is 11.0 Å². The molecule has 5 rings (SSSR count). The van der Waals surface area contributed by atoms with E-state index in [0.717, 1.165) is 30.8 Å². The molecule has 1 fully saturated rings. The summed E-state index contributed by atoms with van der Waals surface area (Å²) in [6.45, 7) is 6.87. The van der Waals surface area contributed by atoms with E-state index in [1.54, 1.807) is 30.2 Å². The molecule has 3 aromatic rings. The van der Waals surface area contributed by atoms with Crippen LogP contribution >= 0.6 is 0 Å². The van der Waals surface area contributed by atoms with E-state index in [0.29, 0.717) is 55.2 Å². The molecule has 1 amide bonds. The number of hydrogen-bond donors (Lipinski definition) is 0. The van der Waals surface area contributed by atoms with Gasteiger partial charge in [-0.2, -0.15) is 0 Å². The van der Waals surface area contributed by atoms with Crippen molar-refractivity contribution < 1.29 is 23.4 Å². The zero-order chi connectivity index (χ0) is 24.4. The van der Waals surface area contributed by atoms with Gasteiger partial charge in [0.15, 0.2) is 5.43 Å². The Bertz CT molecular complexity index is 1260. The van der Waals surface area contributed by atoms with Crippen LogP contribution in [-0.2, 0) is 4.74 Å². The summed E-state index contributed by atoms with van der Waals surface area (Å²) in [5.41, 5.74) is 1.39. The summed E-state index contributed by atoms with van der Waals surface area (Å²) < 4.78 is 22.5. The molecule has 184 valence electrons. The second-order valence-electron chi connectivity index (χ2n) is 8.81. The fraction of sp³-hybridized carbons (Fsp3) is 0.407. The second kappa shape index (κ2) is 10.1. The SMILES string of the molecule is CCCOc1ccc(C2c3c(oc4cc(OC)ccc4c3=O)C(=O)N2CCN2CCOCC2)cc1. The van der Waals surface area contributed by atoms with Crippen molar-refractivity contribution >= 4 is 16.9 Å². The van der Waals surface area contributed by atoms with Crippen molar-refractivity contribution in [2.75, 3.05) is 53.1 Å². The number of fused-ring (bicyclic) bond motifs is 2. The minimum Gasteiger partial charge on any atom is -0.497 e. The van der Waals surface area contributed by atoms with Gasteiger partial charge in [-0.15, -0.1) is 0 Å². The third-order valence-electron chi connectivity index (χ3n) is 6.60. The smallest absolute Gasteiger partial charge is 0.290 e. The highest BCUT2D eigenvalue weighted by atomic mass is 16.5. The average molecular weight is 479 g/mol. The Kier molecular flexibility index (Phi) is 6.74. The lowest BCUT2D eigenvalue weighted by Crippen LogP contribution is -2.42. The number of carbonyl (C=O) groups is 1. The van der Waals surface area contributed by atoms with Gasteiger partial charge >= 0.3 is 0 Å². The van der Waals surface area contributed by atoms with Gasteiger partial charge in [-0.05, 0) is 36.2 Å². The topological polar surface area (TPSA) is 81.5 Å². The first-order chi connectivity index (χ1) is 17.1. The van der Waals surface area contributed by atoms with Crippen molar-refractivity contribution in [3.8, 4) is 11.5 Å². The molecule has 0 saturated carbocycles. The molecule has 2 aliphatic heterocycles. The Balaban J connectivity index is 1.55. The van der Waals surface area contributed by atoms with E-state index in [1.807, 2.05) is 24.3 Å². The molecular formula is C27H30N2O6. The van der Waals surface area contributed by atoms with Crippen LogP contribution in [0.3, 0.4) is 0 Å². The lowest BCUT2D eigenvalue weighted by Gasteiger charge is -2.31. The maximum Gasteiger partial charge on any atom is 0.290 e. The average Bonchev–Trinajstić information content (AvgIpc) is 3.18. The molecule has 8 heteroatoms. The summed E-state index contributed by atoms with van der Waals surface area (Å²) in [5, 5.41) is 0.431. The summed E-state index contributed by atoms with van der Waals surface area (Å²) in [7, 11) is 1.55. The number of rotatable bonds is 8. The summed E-state index contributed by atoms with van der Waals surface area (Å²) >= 11 is 0. The summed E-state index contributed by atoms with van der Waals surface area (Å²) in [6, 6.07) is 12.2. The first kappa shape index (κ1) is 23.4. The van der Waals surface area contributed by atoms with Crippen molar-refractivity contribution in [1.29, 1.82) is 0 Å². The van der Waals surface area contributed by atoms with Crippen LogP contribution in [0.1, 0.15) is 41.1 Å². The quantitative estimate of drug-likeness (QED) is 0.490. The number of ether oxygens (including phenoxy) is 3. The van der Waals surface area contributed by atoms with Crippen molar-refractivity contribution in [1.82, 2.24) is 9.80 Å². The van der Waals surface area contributed by atoms with E-state index in [-0.39, 0.29) is 17.1 Å². The number of hydrogen-bond acceptors (Lipinski definition) is 7. The van der Waals surface area contributed by atoms with E-state index in [1.165, 1.54) is 0 Å². The number of carbonyl (C=O) groups excluding carboxylic acids is 1. The molecule has 0 spiro atoms. The Hall–Kier alpha value is -3.36. The third-order valence-corrected chi connectivity index (χ3v) is 6.60. The minimum atomic E-state index is -0.526. The molecule has 35 heavy (non-hydrogen) atoms. The molecule has 1 saturated heterocycles. The molecule has 8 nitrogen and oxygen atoms in total. The summed E-state index contributed by atoms with van der Waals surface area (Å²) in [6.07, 6.45) is 0.917. The molecule has 0 aliphatic carbocycles. The van der Waals surface area contributed by atoms with Gasteiger partial charge in [-0.25, -0.2) is 0 Å². The van der Waals surface area contributed by atoms with Crippen LogP contribution in [0, 0.1) is 0 Å². The van der Waals surface area contributed by atoms with Crippen LogP contribution in [0.15, 0.2) is 51.7 Å². The Labute approximate surface area is 204 Å². The number of amides is 1. The molecule has 3 heterocycles. The Morgan fingerprint density at radius 1 is 1.00 bits per heavy atom. The van der Waals surface area contributed by atoms with Gasteiger partial charge in [0, 0.05) is 32.2 Å². The molecule has 1 atom stereocenters. The molecule has 0 radical (unpaired) electrons. The highest BCUT2D eigenvalue weighted by Crippen LogP contribution is 2.38. The predicted octanol–water partition coefficient (Wildman–Crippen LogP) is 3.47. The highest BCUT2D eigenvalue weighted by molar-refractivity contribution is 5.99. The number of nitrogens with zero attached hydrogens (tertiary/aromatic N) is 2. The van der Waals surface area contributed by atoms with Gasteiger partial charge in [-0.1, -0.05) is 19.1 Å². The van der Waals surface area contributed by atoms with Crippen LogP contribution in [0.2, 0.25) is 0 Å². The number of benzene rings is 2. The summed E-state index contributed by atoms with van der Waals surface area (Å²) in [4.78, 5) is 31.3. The van der Waals surface area contributed by atoms with Gasteiger partial charge in [0.1, 0.15) is 17.1 Å². The zero-order valence-electron chi connectivity index (χ0n) is 20.1. The monoisotopic (exact) mass is 478 g/mol. The van der Waals surface area contributed by atoms with E-state index < -0.39 is 6.04 Å². The molecule has 2 aromatic carbocycles. The Morgan fingerprint density at radius 2 is 1.74 bits per heavy atom. The van der Waals surface area contributed by atoms with Crippen LogP contribution in [0.4, 0.5) is 0 Å². The van der Waals surface area contributed by atoms with Crippen LogP contribution in [0.5, 0.6) is 11.5 Å².